The van der Waals surface area contributed by atoms with Crippen LogP contribution in [0.4, 0.5) is 0 Å². The Balaban J connectivity index is 2.50. The van der Waals surface area contributed by atoms with E-state index in [1.54, 1.807) is 0 Å². The lowest BCUT2D eigenvalue weighted by Gasteiger charge is -2.24. The van der Waals surface area contributed by atoms with Gasteiger partial charge in [-0.3, -0.25) is 5.32 Å². The molecule has 0 heterocycles. The average molecular weight is 207 g/mol. The number of nitrogens with one attached hydrogen (secondary N) is 1. The molecule has 1 rings (SSSR count). The number of nitriles is 1. The second kappa shape index (κ2) is 4.52. The Morgan fingerprint density at radius 1 is 1.53 bits per heavy atom. The lowest BCUT2D eigenvalue weighted by atomic mass is 9.88. The van der Waals surface area contributed by atoms with Crippen molar-refractivity contribution in [3.05, 3.63) is 10.4 Å². The van der Waals surface area contributed by atoms with E-state index in [1.165, 1.54) is 0 Å². The van der Waals surface area contributed by atoms with Gasteiger partial charge >= 0.3 is 0 Å². The highest BCUT2D eigenvalue weighted by molar-refractivity contribution is 5.13. The first-order valence-electron chi connectivity index (χ1n) is 5.21. The largest absolute Gasteiger partial charge is 0.299 e. The molecule has 82 valence electrons. The highest BCUT2D eigenvalue weighted by atomic mass is 15.1. The molecule has 0 aromatic rings. The molecule has 0 bridgehead atoms. The van der Waals surface area contributed by atoms with E-state index in [2.05, 4.69) is 35.3 Å². The van der Waals surface area contributed by atoms with E-state index in [0.29, 0.717) is 13.1 Å². The van der Waals surface area contributed by atoms with Crippen molar-refractivity contribution in [3.8, 4) is 6.07 Å². The summed E-state index contributed by atoms with van der Waals surface area (Å²) in [6, 6.07) is 2.36. The number of azide groups is 1. The molecule has 1 saturated carbocycles. The van der Waals surface area contributed by atoms with Crippen molar-refractivity contribution in [3.63, 3.8) is 0 Å². The zero-order valence-electron chi connectivity index (χ0n) is 9.32. The molecule has 0 amide bonds. The van der Waals surface area contributed by atoms with E-state index in [9.17, 15) is 5.26 Å². The summed E-state index contributed by atoms with van der Waals surface area (Å²) in [5.74, 6) is 0. The summed E-state index contributed by atoms with van der Waals surface area (Å²) in [5, 5.41) is 15.8. The lowest BCUT2D eigenvalue weighted by Crippen LogP contribution is -2.43. The maximum absolute atomic E-state index is 9.19. The van der Waals surface area contributed by atoms with Crippen LogP contribution in [0.3, 0.4) is 0 Å². The van der Waals surface area contributed by atoms with Crippen molar-refractivity contribution < 1.29 is 0 Å². The van der Waals surface area contributed by atoms with Crippen molar-refractivity contribution in [2.45, 2.75) is 38.6 Å². The molecule has 0 radical (unpaired) electrons. The molecule has 0 spiro atoms. The molecular formula is C10H17N5. The molecule has 0 aromatic heterocycles. The van der Waals surface area contributed by atoms with Crippen molar-refractivity contribution in [1.29, 1.82) is 5.26 Å². The molecule has 1 aliphatic carbocycles. The third-order valence-electron chi connectivity index (χ3n) is 2.96. The Hall–Kier alpha value is -1.24. The third kappa shape index (κ3) is 3.12. The van der Waals surface area contributed by atoms with E-state index in [0.717, 1.165) is 19.3 Å². The highest BCUT2D eigenvalue weighted by Gasteiger charge is 2.42. The van der Waals surface area contributed by atoms with Crippen LogP contribution in [0.1, 0.15) is 33.1 Å². The summed E-state index contributed by atoms with van der Waals surface area (Å²) in [7, 11) is 0. The summed E-state index contributed by atoms with van der Waals surface area (Å²) in [4.78, 5) is 2.68. The zero-order valence-corrected chi connectivity index (χ0v) is 9.32. The molecule has 1 aliphatic rings. The predicted molar refractivity (Wildman–Crippen MR) is 58.0 cm³/mol. The number of hydrogen-bond donors (Lipinski definition) is 1. The van der Waals surface area contributed by atoms with Crippen molar-refractivity contribution in [1.82, 2.24) is 5.32 Å². The maximum atomic E-state index is 9.19. The molecule has 5 nitrogen and oxygen atoms in total. The summed E-state index contributed by atoms with van der Waals surface area (Å²) in [6.45, 7) is 5.34. The molecule has 0 aromatic carbocycles. The molecular weight excluding hydrogens is 190 g/mol. The van der Waals surface area contributed by atoms with Gasteiger partial charge in [0.15, 0.2) is 0 Å². The van der Waals surface area contributed by atoms with E-state index in [4.69, 9.17) is 5.53 Å². The molecule has 0 saturated heterocycles. The van der Waals surface area contributed by atoms with E-state index >= 15 is 0 Å². The van der Waals surface area contributed by atoms with Gasteiger partial charge in [-0.1, -0.05) is 19.0 Å². The molecule has 5 heteroatoms. The Labute approximate surface area is 90.1 Å². The molecule has 1 unspecified atom stereocenters. The Morgan fingerprint density at radius 2 is 2.27 bits per heavy atom. The quantitative estimate of drug-likeness (QED) is 0.332. The minimum Gasteiger partial charge on any atom is -0.299 e. The van der Waals surface area contributed by atoms with Gasteiger partial charge in [-0.15, -0.1) is 0 Å². The van der Waals surface area contributed by atoms with Crippen LogP contribution in [-0.4, -0.2) is 18.6 Å². The lowest BCUT2D eigenvalue weighted by molar-refractivity contribution is 0.336. The topological polar surface area (TPSA) is 84.6 Å². The first kappa shape index (κ1) is 11.8. The minimum absolute atomic E-state index is 0.237. The Kier molecular flexibility index (Phi) is 3.57. The second-order valence-electron chi connectivity index (χ2n) is 4.92. The van der Waals surface area contributed by atoms with Gasteiger partial charge in [0, 0.05) is 18.0 Å². The van der Waals surface area contributed by atoms with Gasteiger partial charge in [0.25, 0.3) is 0 Å². The molecule has 1 atom stereocenters. The molecule has 1 N–H and O–H groups in total. The van der Waals surface area contributed by atoms with Gasteiger partial charge in [-0.25, -0.2) is 0 Å². The standard InChI is InChI=1S/C10H17N5/c1-9(2)3-4-10(7-9,8-11)13-5-6-14-15-12/h13H,3-7H2,1-2H3. The van der Waals surface area contributed by atoms with Gasteiger partial charge in [0.1, 0.15) is 5.54 Å². The fourth-order valence-electron chi connectivity index (χ4n) is 2.22. The number of rotatable bonds is 4. The number of nitrogens with zero attached hydrogens (tertiary/aromatic N) is 4. The Morgan fingerprint density at radius 3 is 2.73 bits per heavy atom. The van der Waals surface area contributed by atoms with Crippen LogP contribution in [0.15, 0.2) is 5.11 Å². The van der Waals surface area contributed by atoms with Crippen LogP contribution < -0.4 is 5.32 Å². The van der Waals surface area contributed by atoms with Gasteiger partial charge in [0.05, 0.1) is 6.07 Å². The molecule has 0 aliphatic heterocycles. The van der Waals surface area contributed by atoms with Crippen LogP contribution in [0.5, 0.6) is 0 Å². The summed E-state index contributed by atoms with van der Waals surface area (Å²) < 4.78 is 0. The van der Waals surface area contributed by atoms with Crippen LogP contribution >= 0.6 is 0 Å². The van der Waals surface area contributed by atoms with E-state index < -0.39 is 5.54 Å². The third-order valence-corrected chi connectivity index (χ3v) is 2.96. The molecule has 15 heavy (non-hydrogen) atoms. The van der Waals surface area contributed by atoms with Crippen LogP contribution in [0.2, 0.25) is 0 Å². The van der Waals surface area contributed by atoms with Crippen LogP contribution in [-0.2, 0) is 0 Å². The summed E-state index contributed by atoms with van der Waals surface area (Å²) in [5.41, 5.74) is 7.96. The van der Waals surface area contributed by atoms with Gasteiger partial charge in [-0.05, 0) is 30.2 Å². The summed E-state index contributed by atoms with van der Waals surface area (Å²) in [6.07, 6.45) is 2.81. The highest BCUT2D eigenvalue weighted by Crippen LogP contribution is 2.43. The minimum atomic E-state index is -0.408. The van der Waals surface area contributed by atoms with E-state index in [-0.39, 0.29) is 5.41 Å². The Bertz CT molecular complexity index is 310. The smallest absolute Gasteiger partial charge is 0.107 e. The first-order valence-corrected chi connectivity index (χ1v) is 5.21. The maximum Gasteiger partial charge on any atom is 0.107 e. The second-order valence-corrected chi connectivity index (χ2v) is 4.92. The summed E-state index contributed by atoms with van der Waals surface area (Å²) >= 11 is 0. The predicted octanol–water partition coefficient (Wildman–Crippen LogP) is 2.36. The van der Waals surface area contributed by atoms with Gasteiger partial charge in [-0.2, -0.15) is 5.26 Å². The zero-order chi connectivity index (χ0) is 11.4. The number of hydrogen-bond acceptors (Lipinski definition) is 3. The fraction of sp³-hybridized carbons (Fsp3) is 0.900. The monoisotopic (exact) mass is 207 g/mol. The fourth-order valence-corrected chi connectivity index (χ4v) is 2.22. The SMILES string of the molecule is CC1(C)CCC(C#N)(NCCN=[N+]=[N-])C1. The molecule has 1 fully saturated rings. The average Bonchev–Trinajstić information content (AvgIpc) is 2.50. The van der Waals surface area contributed by atoms with Crippen LogP contribution in [0, 0.1) is 16.7 Å². The van der Waals surface area contributed by atoms with Crippen molar-refractivity contribution >= 4 is 0 Å². The van der Waals surface area contributed by atoms with E-state index in [1.807, 2.05) is 0 Å². The normalized spacial score (nSPS) is 28.1. The van der Waals surface area contributed by atoms with Gasteiger partial charge in [0.2, 0.25) is 0 Å². The van der Waals surface area contributed by atoms with Crippen LogP contribution in [0.25, 0.3) is 10.4 Å². The van der Waals surface area contributed by atoms with Crippen molar-refractivity contribution in [2.75, 3.05) is 13.1 Å². The first-order chi connectivity index (χ1) is 7.04. The van der Waals surface area contributed by atoms with Gasteiger partial charge < -0.3 is 0 Å². The van der Waals surface area contributed by atoms with Crippen molar-refractivity contribution in [2.24, 2.45) is 10.5 Å².